The Morgan fingerprint density at radius 2 is 1.85 bits per heavy atom. The van der Waals surface area contributed by atoms with Gasteiger partial charge in [-0.1, -0.05) is 0 Å². The normalized spacial score (nSPS) is 11.3. The highest BCUT2D eigenvalue weighted by Gasteiger charge is 2.10. The Bertz CT molecular complexity index is 738. The lowest BCUT2D eigenvalue weighted by Crippen LogP contribution is -2.01. The van der Waals surface area contributed by atoms with Crippen LogP contribution in [0.2, 0.25) is 0 Å². The third-order valence-corrected chi connectivity index (χ3v) is 3.88. The largest absolute Gasteiger partial charge is 0.397 e. The highest BCUT2D eigenvalue weighted by molar-refractivity contribution is 7.90. The molecule has 2 aromatic rings. The minimum Gasteiger partial charge on any atom is -0.397 e. The Hall–Kier alpha value is -2.08. The van der Waals surface area contributed by atoms with Gasteiger partial charge >= 0.3 is 0 Å². The van der Waals surface area contributed by atoms with Gasteiger partial charge in [-0.05, 0) is 48.9 Å². The van der Waals surface area contributed by atoms with E-state index in [2.05, 4.69) is 5.32 Å². The fourth-order valence-corrected chi connectivity index (χ4v) is 2.51. The molecule has 0 unspecified atom stereocenters. The van der Waals surface area contributed by atoms with Crippen LogP contribution in [0.15, 0.2) is 41.3 Å². The molecule has 0 aliphatic carbocycles. The summed E-state index contributed by atoms with van der Waals surface area (Å²) in [5.74, 6) is -0.348. The predicted octanol–water partition coefficient (Wildman–Crippen LogP) is 2.86. The summed E-state index contributed by atoms with van der Waals surface area (Å²) in [4.78, 5) is 0.149. The van der Waals surface area contributed by atoms with Crippen LogP contribution in [-0.2, 0) is 9.84 Å². The standard InChI is InChI=1S/C14H15FN2O2S/c1-9-5-10(15)7-11(6-9)17-14-4-3-12(8-13(14)16)20(2,18)19/h3-8,17H,16H2,1-2H3. The number of aryl methyl sites for hydroxylation is 1. The van der Waals surface area contributed by atoms with E-state index < -0.39 is 9.84 Å². The van der Waals surface area contributed by atoms with E-state index in [9.17, 15) is 12.8 Å². The summed E-state index contributed by atoms with van der Waals surface area (Å²) in [6, 6.07) is 8.93. The van der Waals surface area contributed by atoms with Gasteiger partial charge in [0.1, 0.15) is 5.82 Å². The molecule has 0 amide bonds. The fraction of sp³-hybridized carbons (Fsp3) is 0.143. The van der Waals surface area contributed by atoms with E-state index in [1.54, 1.807) is 19.1 Å². The maximum absolute atomic E-state index is 13.3. The van der Waals surface area contributed by atoms with Gasteiger partial charge in [-0.2, -0.15) is 0 Å². The van der Waals surface area contributed by atoms with Crippen molar-refractivity contribution in [3.63, 3.8) is 0 Å². The maximum atomic E-state index is 13.3. The van der Waals surface area contributed by atoms with Crippen molar-refractivity contribution in [3.8, 4) is 0 Å². The van der Waals surface area contributed by atoms with Crippen LogP contribution in [0.25, 0.3) is 0 Å². The second-order valence-corrected chi connectivity index (χ2v) is 6.68. The quantitative estimate of drug-likeness (QED) is 0.854. The Kier molecular flexibility index (Phi) is 3.67. The molecule has 0 saturated carbocycles. The Labute approximate surface area is 117 Å². The van der Waals surface area contributed by atoms with E-state index in [4.69, 9.17) is 5.73 Å². The van der Waals surface area contributed by atoms with Crippen molar-refractivity contribution in [3.05, 3.63) is 47.8 Å². The number of hydrogen-bond donors (Lipinski definition) is 2. The van der Waals surface area contributed by atoms with Gasteiger partial charge in [-0.15, -0.1) is 0 Å². The molecule has 2 aromatic carbocycles. The number of rotatable bonds is 3. The van der Waals surface area contributed by atoms with Crippen molar-refractivity contribution in [2.45, 2.75) is 11.8 Å². The van der Waals surface area contributed by atoms with Crippen molar-refractivity contribution in [2.75, 3.05) is 17.3 Å². The van der Waals surface area contributed by atoms with Crippen molar-refractivity contribution in [2.24, 2.45) is 0 Å². The monoisotopic (exact) mass is 294 g/mol. The maximum Gasteiger partial charge on any atom is 0.175 e. The lowest BCUT2D eigenvalue weighted by atomic mass is 10.2. The van der Waals surface area contributed by atoms with Crippen molar-refractivity contribution in [1.29, 1.82) is 0 Å². The Morgan fingerprint density at radius 3 is 2.40 bits per heavy atom. The molecule has 0 spiro atoms. The lowest BCUT2D eigenvalue weighted by Gasteiger charge is -2.11. The van der Waals surface area contributed by atoms with Crippen LogP contribution in [0.3, 0.4) is 0 Å². The molecule has 20 heavy (non-hydrogen) atoms. The van der Waals surface area contributed by atoms with Crippen molar-refractivity contribution < 1.29 is 12.8 Å². The number of halogens is 1. The van der Waals surface area contributed by atoms with Gasteiger partial charge in [0, 0.05) is 11.9 Å². The number of anilines is 3. The topological polar surface area (TPSA) is 72.2 Å². The molecule has 0 bridgehead atoms. The summed E-state index contributed by atoms with van der Waals surface area (Å²) < 4.78 is 36.1. The van der Waals surface area contributed by atoms with Gasteiger partial charge in [0.05, 0.1) is 16.3 Å². The zero-order chi connectivity index (χ0) is 14.9. The van der Waals surface area contributed by atoms with Crippen LogP contribution >= 0.6 is 0 Å². The van der Waals surface area contributed by atoms with E-state index in [0.717, 1.165) is 11.8 Å². The van der Waals surface area contributed by atoms with Gasteiger partial charge < -0.3 is 11.1 Å². The summed E-state index contributed by atoms with van der Waals surface area (Å²) >= 11 is 0. The molecule has 3 N–H and O–H groups in total. The van der Waals surface area contributed by atoms with Crippen LogP contribution in [0, 0.1) is 12.7 Å². The number of nitrogens with two attached hydrogens (primary N) is 1. The summed E-state index contributed by atoms with van der Waals surface area (Å²) in [6.07, 6.45) is 1.12. The fourth-order valence-electron chi connectivity index (χ4n) is 1.85. The number of nitrogens with one attached hydrogen (secondary N) is 1. The summed E-state index contributed by atoms with van der Waals surface area (Å²) in [7, 11) is -3.30. The Morgan fingerprint density at radius 1 is 1.15 bits per heavy atom. The number of sulfone groups is 1. The van der Waals surface area contributed by atoms with E-state index in [1.165, 1.54) is 24.3 Å². The molecule has 106 valence electrons. The first-order valence-corrected chi connectivity index (χ1v) is 7.78. The van der Waals surface area contributed by atoms with E-state index >= 15 is 0 Å². The molecule has 0 aromatic heterocycles. The minimum atomic E-state index is -3.30. The van der Waals surface area contributed by atoms with Gasteiger partial charge in [0.15, 0.2) is 9.84 Å². The van der Waals surface area contributed by atoms with Crippen LogP contribution in [-0.4, -0.2) is 14.7 Å². The van der Waals surface area contributed by atoms with E-state index in [0.29, 0.717) is 11.4 Å². The average molecular weight is 294 g/mol. The SMILES string of the molecule is Cc1cc(F)cc(Nc2ccc(S(C)(=O)=O)cc2N)c1. The van der Waals surface area contributed by atoms with Gasteiger partial charge in [-0.25, -0.2) is 12.8 Å². The summed E-state index contributed by atoms with van der Waals surface area (Å²) in [6.45, 7) is 1.78. The molecule has 0 fully saturated rings. The summed E-state index contributed by atoms with van der Waals surface area (Å²) in [5.41, 5.74) is 7.97. The zero-order valence-corrected chi connectivity index (χ0v) is 12.0. The molecule has 0 heterocycles. The molecular formula is C14H15FN2O2S. The molecule has 4 nitrogen and oxygen atoms in total. The van der Waals surface area contributed by atoms with E-state index in [-0.39, 0.29) is 16.4 Å². The van der Waals surface area contributed by atoms with Crippen LogP contribution < -0.4 is 11.1 Å². The first-order valence-electron chi connectivity index (χ1n) is 5.89. The minimum absolute atomic E-state index is 0.149. The molecule has 0 atom stereocenters. The molecule has 2 rings (SSSR count). The lowest BCUT2D eigenvalue weighted by molar-refractivity contribution is 0.602. The van der Waals surface area contributed by atoms with Crippen LogP contribution in [0.5, 0.6) is 0 Å². The highest BCUT2D eigenvalue weighted by atomic mass is 32.2. The third-order valence-electron chi connectivity index (χ3n) is 2.77. The molecule has 0 radical (unpaired) electrons. The van der Waals surface area contributed by atoms with Crippen LogP contribution in [0.4, 0.5) is 21.5 Å². The van der Waals surface area contributed by atoms with E-state index in [1.807, 2.05) is 0 Å². The second-order valence-electron chi connectivity index (χ2n) is 4.66. The predicted molar refractivity (Wildman–Crippen MR) is 78.4 cm³/mol. The van der Waals surface area contributed by atoms with Gasteiger partial charge in [0.25, 0.3) is 0 Å². The van der Waals surface area contributed by atoms with Crippen molar-refractivity contribution in [1.82, 2.24) is 0 Å². The molecule has 6 heteroatoms. The molecule has 0 saturated heterocycles. The third kappa shape index (κ3) is 3.27. The number of benzene rings is 2. The number of nitrogen functional groups attached to an aromatic ring is 1. The average Bonchev–Trinajstić information content (AvgIpc) is 2.29. The molecule has 0 aliphatic rings. The zero-order valence-electron chi connectivity index (χ0n) is 11.1. The summed E-state index contributed by atoms with van der Waals surface area (Å²) in [5, 5.41) is 2.97. The first kappa shape index (κ1) is 14.3. The van der Waals surface area contributed by atoms with Gasteiger partial charge in [-0.3, -0.25) is 0 Å². The second kappa shape index (κ2) is 5.13. The highest BCUT2D eigenvalue weighted by Crippen LogP contribution is 2.26. The van der Waals surface area contributed by atoms with Crippen molar-refractivity contribution >= 4 is 26.9 Å². The Balaban J connectivity index is 2.35. The van der Waals surface area contributed by atoms with Crippen LogP contribution in [0.1, 0.15) is 5.56 Å². The first-order chi connectivity index (χ1) is 9.25. The molecular weight excluding hydrogens is 279 g/mol. The molecule has 0 aliphatic heterocycles. The number of hydrogen-bond acceptors (Lipinski definition) is 4. The smallest absolute Gasteiger partial charge is 0.175 e. The van der Waals surface area contributed by atoms with Gasteiger partial charge in [0.2, 0.25) is 0 Å².